The fraction of sp³-hybridized carbons (Fsp3) is 0.429. The normalized spacial score (nSPS) is 23.7. The van der Waals surface area contributed by atoms with Crippen molar-refractivity contribution < 1.29 is 18.8 Å². The number of nitrogens with one attached hydrogen (secondary N) is 2. The molecule has 29 heavy (non-hydrogen) atoms. The summed E-state index contributed by atoms with van der Waals surface area (Å²) in [6.45, 7) is 1.12. The third-order valence-electron chi connectivity index (χ3n) is 5.79. The number of nitriles is 1. The van der Waals surface area contributed by atoms with E-state index in [1.807, 2.05) is 18.2 Å². The lowest BCUT2D eigenvalue weighted by Crippen LogP contribution is -2.52. The van der Waals surface area contributed by atoms with Gasteiger partial charge in [0.2, 0.25) is 5.91 Å². The molecule has 1 saturated carbocycles. The van der Waals surface area contributed by atoms with Crippen LogP contribution in [0.3, 0.4) is 0 Å². The summed E-state index contributed by atoms with van der Waals surface area (Å²) in [5, 5.41) is 15.7. The van der Waals surface area contributed by atoms with E-state index < -0.39 is 35.5 Å². The minimum Gasteiger partial charge on any atom is -0.458 e. The van der Waals surface area contributed by atoms with Crippen LogP contribution in [0.25, 0.3) is 11.0 Å². The highest BCUT2D eigenvalue weighted by molar-refractivity contribution is 6.09. The highest BCUT2D eigenvalue weighted by atomic mass is 16.3. The van der Waals surface area contributed by atoms with Crippen molar-refractivity contribution in [1.82, 2.24) is 15.5 Å². The van der Waals surface area contributed by atoms with Gasteiger partial charge in [0.1, 0.15) is 23.4 Å². The number of furan rings is 1. The van der Waals surface area contributed by atoms with E-state index in [1.54, 1.807) is 19.1 Å². The van der Waals surface area contributed by atoms with Gasteiger partial charge < -0.3 is 15.1 Å². The molecule has 1 aliphatic heterocycles. The Labute approximate surface area is 167 Å². The highest BCUT2D eigenvalue weighted by Gasteiger charge is 2.52. The van der Waals surface area contributed by atoms with Crippen molar-refractivity contribution in [2.24, 2.45) is 0 Å². The van der Waals surface area contributed by atoms with Crippen molar-refractivity contribution in [3.63, 3.8) is 0 Å². The van der Waals surface area contributed by atoms with Crippen LogP contribution in [0.4, 0.5) is 4.79 Å². The van der Waals surface area contributed by atoms with E-state index in [9.17, 15) is 19.6 Å². The molecule has 1 saturated heterocycles. The molecule has 4 amide bonds. The molecule has 2 heterocycles. The first-order valence-corrected chi connectivity index (χ1v) is 9.72. The lowest BCUT2D eigenvalue weighted by molar-refractivity contribution is -0.135. The summed E-state index contributed by atoms with van der Waals surface area (Å²) in [6.07, 6.45) is 3.91. The largest absolute Gasteiger partial charge is 0.458 e. The molecule has 150 valence electrons. The SMILES string of the molecule is C[C@@]1(c2cc3ccccc3o2)NC(=O)N(CC(=O)NC2(C#N)CCCCC2)C1=O. The molecule has 4 rings (SSSR count). The Morgan fingerprint density at radius 1 is 1.28 bits per heavy atom. The zero-order chi connectivity index (χ0) is 20.6. The number of carbonyl (C=O) groups is 3. The Morgan fingerprint density at radius 2 is 2.00 bits per heavy atom. The van der Waals surface area contributed by atoms with Gasteiger partial charge in [0.15, 0.2) is 5.54 Å². The van der Waals surface area contributed by atoms with Crippen LogP contribution < -0.4 is 10.6 Å². The number of para-hydroxylation sites is 1. The number of urea groups is 1. The first-order valence-electron chi connectivity index (χ1n) is 9.72. The second kappa shape index (κ2) is 6.92. The molecule has 0 unspecified atom stereocenters. The zero-order valence-electron chi connectivity index (χ0n) is 16.2. The van der Waals surface area contributed by atoms with Crippen molar-refractivity contribution in [3.8, 4) is 6.07 Å². The van der Waals surface area contributed by atoms with Crippen LogP contribution in [0.1, 0.15) is 44.8 Å². The molecule has 2 aromatic rings. The Balaban J connectivity index is 1.52. The van der Waals surface area contributed by atoms with Crippen LogP contribution in [-0.2, 0) is 15.1 Å². The number of benzene rings is 1. The number of amides is 4. The lowest BCUT2D eigenvalue weighted by atomic mass is 9.83. The molecule has 1 atom stereocenters. The van der Waals surface area contributed by atoms with Gasteiger partial charge in [-0.05, 0) is 31.9 Å². The topological polar surface area (TPSA) is 115 Å². The minimum absolute atomic E-state index is 0.306. The molecule has 1 aliphatic carbocycles. The van der Waals surface area contributed by atoms with Gasteiger partial charge in [-0.3, -0.25) is 14.5 Å². The molecule has 2 N–H and O–H groups in total. The Morgan fingerprint density at radius 3 is 2.69 bits per heavy atom. The first-order chi connectivity index (χ1) is 13.9. The van der Waals surface area contributed by atoms with E-state index in [2.05, 4.69) is 16.7 Å². The second-order valence-corrected chi connectivity index (χ2v) is 7.90. The molecule has 0 radical (unpaired) electrons. The highest BCUT2D eigenvalue weighted by Crippen LogP contribution is 2.33. The average Bonchev–Trinajstić information content (AvgIpc) is 3.25. The first kappa shape index (κ1) is 19.0. The summed E-state index contributed by atoms with van der Waals surface area (Å²) in [5.41, 5.74) is -1.71. The van der Waals surface area contributed by atoms with Gasteiger partial charge in [-0.15, -0.1) is 0 Å². The van der Waals surface area contributed by atoms with Crippen LogP contribution in [0, 0.1) is 11.3 Å². The van der Waals surface area contributed by atoms with Crippen molar-refractivity contribution >= 4 is 28.8 Å². The predicted molar refractivity (Wildman–Crippen MR) is 103 cm³/mol. The molecule has 1 aromatic heterocycles. The third-order valence-corrected chi connectivity index (χ3v) is 5.79. The Hall–Kier alpha value is -3.34. The third kappa shape index (κ3) is 3.23. The summed E-state index contributed by atoms with van der Waals surface area (Å²) in [5.74, 6) is -0.780. The molecular formula is C21H22N4O4. The fourth-order valence-corrected chi connectivity index (χ4v) is 4.11. The maximum atomic E-state index is 13.0. The van der Waals surface area contributed by atoms with Gasteiger partial charge in [0.25, 0.3) is 5.91 Å². The van der Waals surface area contributed by atoms with Crippen LogP contribution in [-0.4, -0.2) is 34.8 Å². The number of hydrogen-bond donors (Lipinski definition) is 2. The van der Waals surface area contributed by atoms with Gasteiger partial charge in [-0.25, -0.2) is 4.79 Å². The zero-order valence-corrected chi connectivity index (χ0v) is 16.2. The monoisotopic (exact) mass is 394 g/mol. The molecule has 1 aromatic carbocycles. The predicted octanol–water partition coefficient (Wildman–Crippen LogP) is 2.54. The fourth-order valence-electron chi connectivity index (χ4n) is 4.11. The standard InChI is InChI=1S/C21H22N4O4/c1-20(16-11-14-7-3-4-8-15(14)29-16)18(27)25(19(28)24-20)12-17(26)23-21(13-22)9-5-2-6-10-21/h3-4,7-8,11H,2,5-6,9-10,12H2,1H3,(H,23,26)(H,24,28)/t20-/m0/s1. The van der Waals surface area contributed by atoms with Crippen molar-refractivity contribution in [3.05, 3.63) is 36.1 Å². The number of nitrogens with zero attached hydrogens (tertiary/aromatic N) is 2. The number of hydrogen-bond acceptors (Lipinski definition) is 5. The minimum atomic E-state index is -1.39. The molecule has 8 heteroatoms. The molecular weight excluding hydrogens is 372 g/mol. The van der Waals surface area contributed by atoms with E-state index in [0.717, 1.165) is 29.5 Å². The average molecular weight is 394 g/mol. The number of imide groups is 1. The quantitative estimate of drug-likeness (QED) is 0.773. The van der Waals surface area contributed by atoms with Gasteiger partial charge in [0, 0.05) is 5.39 Å². The number of fused-ring (bicyclic) bond motifs is 1. The maximum absolute atomic E-state index is 13.0. The molecule has 8 nitrogen and oxygen atoms in total. The number of rotatable bonds is 4. The smallest absolute Gasteiger partial charge is 0.325 e. The van der Waals surface area contributed by atoms with E-state index in [0.29, 0.717) is 24.2 Å². The van der Waals surface area contributed by atoms with Crippen LogP contribution in [0.15, 0.2) is 34.7 Å². The Bertz CT molecular complexity index is 998. The lowest BCUT2D eigenvalue weighted by Gasteiger charge is -2.32. The Kier molecular flexibility index (Phi) is 4.53. The van der Waals surface area contributed by atoms with Gasteiger partial charge in [0.05, 0.1) is 6.07 Å². The van der Waals surface area contributed by atoms with E-state index in [4.69, 9.17) is 4.42 Å². The summed E-state index contributed by atoms with van der Waals surface area (Å²) in [6, 6.07) is 10.6. The van der Waals surface area contributed by atoms with Gasteiger partial charge in [-0.1, -0.05) is 37.5 Å². The number of carbonyl (C=O) groups excluding carboxylic acids is 3. The van der Waals surface area contributed by atoms with Crippen molar-refractivity contribution in [2.75, 3.05) is 6.54 Å². The van der Waals surface area contributed by atoms with Crippen LogP contribution >= 0.6 is 0 Å². The van der Waals surface area contributed by atoms with Crippen molar-refractivity contribution in [1.29, 1.82) is 5.26 Å². The molecule has 2 fully saturated rings. The van der Waals surface area contributed by atoms with E-state index >= 15 is 0 Å². The summed E-state index contributed by atoms with van der Waals surface area (Å²) in [7, 11) is 0. The van der Waals surface area contributed by atoms with Gasteiger partial charge in [-0.2, -0.15) is 5.26 Å². The van der Waals surface area contributed by atoms with E-state index in [1.165, 1.54) is 0 Å². The summed E-state index contributed by atoms with van der Waals surface area (Å²) >= 11 is 0. The van der Waals surface area contributed by atoms with Crippen LogP contribution in [0.5, 0.6) is 0 Å². The second-order valence-electron chi connectivity index (χ2n) is 7.90. The molecule has 2 aliphatic rings. The van der Waals surface area contributed by atoms with Gasteiger partial charge >= 0.3 is 6.03 Å². The summed E-state index contributed by atoms with van der Waals surface area (Å²) < 4.78 is 5.78. The van der Waals surface area contributed by atoms with E-state index in [-0.39, 0.29) is 0 Å². The maximum Gasteiger partial charge on any atom is 0.325 e. The molecule has 0 bridgehead atoms. The molecule has 0 spiro atoms. The van der Waals surface area contributed by atoms with Crippen molar-refractivity contribution in [2.45, 2.75) is 50.1 Å². The van der Waals surface area contributed by atoms with Crippen LogP contribution in [0.2, 0.25) is 0 Å². The summed E-state index contributed by atoms with van der Waals surface area (Å²) in [4.78, 5) is 38.9.